The number of sulfone groups is 1. The second kappa shape index (κ2) is 7.74. The summed E-state index contributed by atoms with van der Waals surface area (Å²) in [6, 6.07) is 13.6. The van der Waals surface area contributed by atoms with Gasteiger partial charge in [-0.1, -0.05) is 66.2 Å². The smallest absolute Gasteiger partial charge is 0.210 e. The summed E-state index contributed by atoms with van der Waals surface area (Å²) in [4.78, 5) is 13.2. The first-order chi connectivity index (χ1) is 12.8. The van der Waals surface area contributed by atoms with E-state index in [4.69, 9.17) is 4.42 Å². The van der Waals surface area contributed by atoms with Crippen molar-refractivity contribution in [2.24, 2.45) is 0 Å². The standard InChI is InChI=1S/C21H20O4S2/c1-4-26-21-19(20(22)16-9-5-14(2)6-10-16)18(13-25-21)27(23,24)17-11-7-15(3)8-12-17/h5-13H,4H2,1-3H3. The van der Waals surface area contributed by atoms with E-state index in [9.17, 15) is 13.2 Å². The van der Waals surface area contributed by atoms with E-state index in [1.165, 1.54) is 18.0 Å². The quantitative estimate of drug-likeness (QED) is 0.427. The lowest BCUT2D eigenvalue weighted by molar-refractivity contribution is 0.103. The number of carbonyl (C=O) groups is 1. The van der Waals surface area contributed by atoms with Gasteiger partial charge in [-0.3, -0.25) is 4.79 Å². The number of furan rings is 1. The number of rotatable bonds is 6. The van der Waals surface area contributed by atoms with E-state index in [2.05, 4.69) is 0 Å². The highest BCUT2D eigenvalue weighted by Crippen LogP contribution is 2.35. The number of thioether (sulfide) groups is 1. The largest absolute Gasteiger partial charge is 0.456 e. The van der Waals surface area contributed by atoms with Crippen LogP contribution in [0.2, 0.25) is 0 Å². The number of hydrogen-bond donors (Lipinski definition) is 0. The minimum absolute atomic E-state index is 0.0899. The van der Waals surface area contributed by atoms with Crippen LogP contribution in [0.25, 0.3) is 0 Å². The van der Waals surface area contributed by atoms with Crippen LogP contribution in [0, 0.1) is 13.8 Å². The molecule has 0 unspecified atom stereocenters. The van der Waals surface area contributed by atoms with Crippen molar-refractivity contribution in [3.05, 3.63) is 77.0 Å². The van der Waals surface area contributed by atoms with Gasteiger partial charge in [0.2, 0.25) is 9.84 Å². The molecular formula is C21H20O4S2. The van der Waals surface area contributed by atoms with Gasteiger partial charge < -0.3 is 4.42 Å². The molecule has 0 bridgehead atoms. The van der Waals surface area contributed by atoms with Gasteiger partial charge in [0.15, 0.2) is 10.9 Å². The van der Waals surface area contributed by atoms with Crippen LogP contribution in [0.4, 0.5) is 0 Å². The molecule has 4 nitrogen and oxygen atoms in total. The summed E-state index contributed by atoms with van der Waals surface area (Å²) < 4.78 is 31.8. The Balaban J connectivity index is 2.15. The molecule has 6 heteroatoms. The van der Waals surface area contributed by atoms with Crippen LogP contribution in [0.3, 0.4) is 0 Å². The predicted molar refractivity (Wildman–Crippen MR) is 106 cm³/mol. The minimum atomic E-state index is -3.87. The molecule has 140 valence electrons. The Labute approximate surface area is 163 Å². The monoisotopic (exact) mass is 400 g/mol. The van der Waals surface area contributed by atoms with Gasteiger partial charge in [0.25, 0.3) is 0 Å². The number of ketones is 1. The van der Waals surface area contributed by atoms with Gasteiger partial charge >= 0.3 is 0 Å². The molecule has 1 heterocycles. The summed E-state index contributed by atoms with van der Waals surface area (Å²) in [6.07, 6.45) is 1.18. The zero-order valence-corrected chi connectivity index (χ0v) is 17.0. The third-order valence-electron chi connectivity index (χ3n) is 4.16. The molecule has 0 N–H and O–H groups in total. The van der Waals surface area contributed by atoms with Crippen LogP contribution >= 0.6 is 11.8 Å². The molecule has 0 fully saturated rings. The Hall–Kier alpha value is -2.31. The van der Waals surface area contributed by atoms with Gasteiger partial charge in [0, 0.05) is 5.56 Å². The van der Waals surface area contributed by atoms with E-state index in [0.29, 0.717) is 16.4 Å². The predicted octanol–water partition coefficient (Wildman–Crippen LogP) is 5.07. The number of carbonyl (C=O) groups excluding carboxylic acids is 1. The van der Waals surface area contributed by atoms with E-state index in [1.54, 1.807) is 36.4 Å². The average Bonchev–Trinajstić information content (AvgIpc) is 3.07. The molecule has 0 radical (unpaired) electrons. The summed E-state index contributed by atoms with van der Waals surface area (Å²) in [5, 5.41) is 0.328. The SMILES string of the molecule is CCSc1occ(S(=O)(=O)c2ccc(C)cc2)c1C(=O)c1ccc(C)cc1. The Bertz CT molecular complexity index is 1060. The topological polar surface area (TPSA) is 64.3 Å². The number of aryl methyl sites for hydroxylation is 2. The second-order valence-corrected chi connectivity index (χ2v) is 9.36. The zero-order valence-electron chi connectivity index (χ0n) is 15.4. The van der Waals surface area contributed by atoms with Gasteiger partial charge in [-0.15, -0.1) is 0 Å². The molecule has 0 aliphatic rings. The molecule has 0 aliphatic heterocycles. The maximum atomic E-state index is 13.2. The van der Waals surface area contributed by atoms with E-state index >= 15 is 0 Å². The van der Waals surface area contributed by atoms with Crippen LogP contribution in [0.15, 0.2) is 74.1 Å². The fraction of sp³-hybridized carbons (Fsp3) is 0.190. The highest BCUT2D eigenvalue weighted by atomic mass is 32.2. The zero-order chi connectivity index (χ0) is 19.6. The maximum absolute atomic E-state index is 13.2. The summed E-state index contributed by atoms with van der Waals surface area (Å²) in [5.74, 6) is 0.302. The summed E-state index contributed by atoms with van der Waals surface area (Å²) in [7, 11) is -3.87. The first-order valence-corrected chi connectivity index (χ1v) is 11.0. The van der Waals surface area contributed by atoms with E-state index in [-0.39, 0.29) is 21.1 Å². The van der Waals surface area contributed by atoms with Crippen LogP contribution in [0.5, 0.6) is 0 Å². The normalized spacial score (nSPS) is 11.5. The lowest BCUT2D eigenvalue weighted by atomic mass is 10.0. The molecule has 0 spiro atoms. The Morgan fingerprint density at radius 2 is 1.52 bits per heavy atom. The average molecular weight is 401 g/mol. The van der Waals surface area contributed by atoms with Crippen molar-refractivity contribution in [1.82, 2.24) is 0 Å². The minimum Gasteiger partial charge on any atom is -0.456 e. The molecule has 0 saturated heterocycles. The first kappa shape index (κ1) is 19.5. The lowest BCUT2D eigenvalue weighted by Gasteiger charge is -2.07. The Morgan fingerprint density at radius 1 is 0.963 bits per heavy atom. The molecule has 1 aromatic heterocycles. The number of hydrogen-bond acceptors (Lipinski definition) is 5. The number of benzene rings is 2. The summed E-state index contributed by atoms with van der Waals surface area (Å²) in [6.45, 7) is 5.73. The van der Waals surface area contributed by atoms with Crippen LogP contribution in [-0.4, -0.2) is 20.0 Å². The molecule has 27 heavy (non-hydrogen) atoms. The third-order valence-corrected chi connectivity index (χ3v) is 6.78. The Kier molecular flexibility index (Phi) is 5.58. The molecular weight excluding hydrogens is 380 g/mol. The van der Waals surface area contributed by atoms with Crippen molar-refractivity contribution >= 4 is 27.4 Å². The van der Waals surface area contributed by atoms with Crippen LogP contribution < -0.4 is 0 Å². The molecule has 0 aliphatic carbocycles. The molecule has 0 amide bonds. The van der Waals surface area contributed by atoms with E-state index < -0.39 is 9.84 Å². The van der Waals surface area contributed by atoms with E-state index in [0.717, 1.165) is 11.1 Å². The van der Waals surface area contributed by atoms with Gasteiger partial charge in [-0.05, 0) is 31.7 Å². The van der Waals surface area contributed by atoms with Gasteiger partial charge in [-0.2, -0.15) is 0 Å². The van der Waals surface area contributed by atoms with Crippen molar-refractivity contribution in [2.45, 2.75) is 35.7 Å². The fourth-order valence-electron chi connectivity index (χ4n) is 2.66. The van der Waals surface area contributed by atoms with Crippen molar-refractivity contribution in [3.63, 3.8) is 0 Å². The highest BCUT2D eigenvalue weighted by molar-refractivity contribution is 7.99. The molecule has 0 saturated carbocycles. The van der Waals surface area contributed by atoms with Crippen molar-refractivity contribution < 1.29 is 17.6 Å². The third kappa shape index (κ3) is 3.87. The highest BCUT2D eigenvalue weighted by Gasteiger charge is 2.31. The molecule has 2 aromatic carbocycles. The van der Waals surface area contributed by atoms with Gasteiger partial charge in [-0.25, -0.2) is 8.42 Å². The summed E-state index contributed by atoms with van der Waals surface area (Å²) >= 11 is 1.31. The van der Waals surface area contributed by atoms with Gasteiger partial charge in [0.1, 0.15) is 11.2 Å². The van der Waals surface area contributed by atoms with Crippen molar-refractivity contribution in [2.75, 3.05) is 5.75 Å². The molecule has 3 rings (SSSR count). The molecule has 3 aromatic rings. The van der Waals surface area contributed by atoms with Gasteiger partial charge in [0.05, 0.1) is 10.5 Å². The maximum Gasteiger partial charge on any atom is 0.210 e. The van der Waals surface area contributed by atoms with E-state index in [1.807, 2.05) is 32.9 Å². The van der Waals surface area contributed by atoms with Crippen LogP contribution in [0.1, 0.15) is 34.0 Å². The van der Waals surface area contributed by atoms with Crippen LogP contribution in [-0.2, 0) is 9.84 Å². The van der Waals surface area contributed by atoms with Crippen molar-refractivity contribution in [1.29, 1.82) is 0 Å². The summed E-state index contributed by atoms with van der Waals surface area (Å²) in [5.41, 5.74) is 2.51. The van der Waals surface area contributed by atoms with Crippen molar-refractivity contribution in [3.8, 4) is 0 Å². The second-order valence-electron chi connectivity index (χ2n) is 6.21. The molecule has 0 atom stereocenters. The first-order valence-electron chi connectivity index (χ1n) is 8.52. The Morgan fingerprint density at radius 3 is 2.07 bits per heavy atom. The fourth-order valence-corrected chi connectivity index (χ4v) is 4.83. The lowest BCUT2D eigenvalue weighted by Crippen LogP contribution is -2.10.